The van der Waals surface area contributed by atoms with Crippen molar-refractivity contribution in [3.05, 3.63) is 46.6 Å². The topological polar surface area (TPSA) is 42.0 Å². The van der Waals surface area contributed by atoms with Gasteiger partial charge in [0.1, 0.15) is 0 Å². The molecule has 2 heterocycles. The Morgan fingerprint density at radius 3 is 2.81 bits per heavy atom. The molecule has 0 aliphatic heterocycles. The lowest BCUT2D eigenvalue weighted by Gasteiger charge is -2.00. The number of nitrogens with zero attached hydrogens (tertiary/aromatic N) is 1. The highest BCUT2D eigenvalue weighted by Crippen LogP contribution is 2.25. The fourth-order valence-electron chi connectivity index (χ4n) is 1.32. The number of aryl methyl sites for hydroxylation is 2. The quantitative estimate of drug-likeness (QED) is 0.864. The normalized spacial score (nSPS) is 10.1. The molecule has 1 N–H and O–H groups in total. The van der Waals surface area contributed by atoms with Gasteiger partial charge < -0.3 is 5.32 Å². The fourth-order valence-corrected chi connectivity index (χ4v) is 2.25. The minimum Gasteiger partial charge on any atom is -0.314 e. The molecule has 0 unspecified atom stereocenters. The summed E-state index contributed by atoms with van der Waals surface area (Å²) in [6, 6.07) is 5.48. The predicted molar refractivity (Wildman–Crippen MR) is 66.0 cm³/mol. The average molecular weight is 232 g/mol. The molecule has 1 amide bonds. The molecule has 0 saturated carbocycles. The minimum absolute atomic E-state index is 0.116. The predicted octanol–water partition coefficient (Wildman–Crippen LogP) is 3.01. The summed E-state index contributed by atoms with van der Waals surface area (Å²) in [6.07, 6.45) is 3.21. The van der Waals surface area contributed by atoms with E-state index < -0.39 is 0 Å². The van der Waals surface area contributed by atoms with Crippen LogP contribution in [0, 0.1) is 13.8 Å². The van der Waals surface area contributed by atoms with Crippen LogP contribution in [0.5, 0.6) is 0 Å². The van der Waals surface area contributed by atoms with Gasteiger partial charge in [-0.2, -0.15) is 0 Å². The van der Waals surface area contributed by atoms with E-state index in [9.17, 15) is 4.79 Å². The summed E-state index contributed by atoms with van der Waals surface area (Å²) in [6.45, 7) is 4.07. The van der Waals surface area contributed by atoms with Crippen LogP contribution in [-0.4, -0.2) is 10.9 Å². The molecule has 2 aromatic rings. The number of anilines is 1. The molecule has 16 heavy (non-hydrogen) atoms. The van der Waals surface area contributed by atoms with Gasteiger partial charge in [0.2, 0.25) is 0 Å². The van der Waals surface area contributed by atoms with Crippen molar-refractivity contribution < 1.29 is 4.79 Å². The van der Waals surface area contributed by atoms with Crippen molar-refractivity contribution in [1.82, 2.24) is 4.98 Å². The molecular formula is C12H12N2OS. The van der Waals surface area contributed by atoms with Gasteiger partial charge in [0.05, 0.1) is 10.6 Å². The van der Waals surface area contributed by atoms with E-state index in [-0.39, 0.29) is 5.91 Å². The van der Waals surface area contributed by atoms with E-state index in [0.29, 0.717) is 5.56 Å². The maximum Gasteiger partial charge on any atom is 0.257 e. The summed E-state index contributed by atoms with van der Waals surface area (Å²) in [5.74, 6) is -0.116. The van der Waals surface area contributed by atoms with Crippen LogP contribution in [0.2, 0.25) is 0 Å². The lowest BCUT2D eigenvalue weighted by molar-refractivity contribution is 0.102. The first kappa shape index (κ1) is 10.8. The molecule has 2 aromatic heterocycles. The highest BCUT2D eigenvalue weighted by Gasteiger charge is 2.08. The van der Waals surface area contributed by atoms with Crippen LogP contribution in [-0.2, 0) is 0 Å². The number of thiophene rings is 1. The Labute approximate surface area is 98.2 Å². The van der Waals surface area contributed by atoms with Crippen molar-refractivity contribution in [2.45, 2.75) is 13.8 Å². The van der Waals surface area contributed by atoms with Crippen LogP contribution >= 0.6 is 11.3 Å². The second-order valence-corrected chi connectivity index (χ2v) is 4.80. The molecule has 0 aliphatic carbocycles. The molecule has 0 fully saturated rings. The zero-order valence-corrected chi connectivity index (χ0v) is 9.97. The minimum atomic E-state index is -0.116. The molecule has 3 nitrogen and oxygen atoms in total. The summed E-state index contributed by atoms with van der Waals surface area (Å²) in [5, 5.41) is 3.74. The Bertz CT molecular complexity index is 485. The summed E-state index contributed by atoms with van der Waals surface area (Å²) >= 11 is 1.58. The van der Waals surface area contributed by atoms with E-state index in [1.807, 2.05) is 19.9 Å². The van der Waals surface area contributed by atoms with E-state index in [4.69, 9.17) is 0 Å². The number of aromatic nitrogens is 1. The Hall–Kier alpha value is -1.68. The third-order valence-corrected chi connectivity index (χ3v) is 3.39. The lowest BCUT2D eigenvalue weighted by Crippen LogP contribution is -2.10. The van der Waals surface area contributed by atoms with Gasteiger partial charge in [-0.25, -0.2) is 0 Å². The first-order chi connectivity index (χ1) is 7.66. The van der Waals surface area contributed by atoms with Crippen molar-refractivity contribution in [3.8, 4) is 0 Å². The van der Waals surface area contributed by atoms with Crippen LogP contribution in [0.15, 0.2) is 30.6 Å². The van der Waals surface area contributed by atoms with Crippen molar-refractivity contribution in [2.75, 3.05) is 5.32 Å². The molecule has 0 spiro atoms. The van der Waals surface area contributed by atoms with Crippen LogP contribution in [0.3, 0.4) is 0 Å². The smallest absolute Gasteiger partial charge is 0.257 e. The van der Waals surface area contributed by atoms with Gasteiger partial charge in [-0.15, -0.1) is 11.3 Å². The largest absolute Gasteiger partial charge is 0.314 e. The van der Waals surface area contributed by atoms with Crippen molar-refractivity contribution >= 4 is 22.2 Å². The molecule has 2 rings (SSSR count). The highest BCUT2D eigenvalue weighted by molar-refractivity contribution is 7.16. The number of pyridine rings is 1. The number of nitrogens with one attached hydrogen (secondary N) is 1. The van der Waals surface area contributed by atoms with E-state index in [0.717, 1.165) is 5.00 Å². The van der Waals surface area contributed by atoms with Crippen LogP contribution in [0.1, 0.15) is 20.8 Å². The van der Waals surface area contributed by atoms with E-state index >= 15 is 0 Å². The molecule has 0 bridgehead atoms. The Balaban J connectivity index is 2.14. The molecule has 0 aliphatic rings. The second-order valence-electron chi connectivity index (χ2n) is 3.55. The van der Waals surface area contributed by atoms with Crippen LogP contribution in [0.4, 0.5) is 5.00 Å². The SMILES string of the molecule is Cc1cc(NC(=O)c2cccnc2)sc1C. The highest BCUT2D eigenvalue weighted by atomic mass is 32.1. The van der Waals surface area contributed by atoms with Crippen molar-refractivity contribution in [2.24, 2.45) is 0 Å². The number of carbonyl (C=O) groups excluding carboxylic acids is 1. The number of hydrogen-bond acceptors (Lipinski definition) is 3. The van der Waals surface area contributed by atoms with Crippen molar-refractivity contribution in [1.29, 1.82) is 0 Å². The first-order valence-electron chi connectivity index (χ1n) is 4.95. The monoisotopic (exact) mass is 232 g/mol. The third kappa shape index (κ3) is 2.28. The second kappa shape index (κ2) is 4.45. The van der Waals surface area contributed by atoms with Gasteiger partial charge in [0, 0.05) is 17.3 Å². The molecule has 82 valence electrons. The van der Waals surface area contributed by atoms with E-state index in [1.165, 1.54) is 10.4 Å². The molecule has 0 aromatic carbocycles. The maximum atomic E-state index is 11.8. The van der Waals surface area contributed by atoms with Crippen LogP contribution < -0.4 is 5.32 Å². The van der Waals surface area contributed by atoms with Crippen molar-refractivity contribution in [3.63, 3.8) is 0 Å². The van der Waals surface area contributed by atoms with E-state index in [1.54, 1.807) is 35.9 Å². The van der Waals surface area contributed by atoms with Gasteiger partial charge in [-0.05, 0) is 37.6 Å². The van der Waals surface area contributed by atoms with Gasteiger partial charge in [-0.3, -0.25) is 9.78 Å². The summed E-state index contributed by atoms with van der Waals surface area (Å²) < 4.78 is 0. The van der Waals surface area contributed by atoms with Gasteiger partial charge in [-0.1, -0.05) is 0 Å². The number of amides is 1. The van der Waals surface area contributed by atoms with Crippen LogP contribution in [0.25, 0.3) is 0 Å². The zero-order valence-electron chi connectivity index (χ0n) is 9.15. The third-order valence-electron chi connectivity index (χ3n) is 2.33. The number of carbonyl (C=O) groups is 1. The van der Waals surface area contributed by atoms with Gasteiger partial charge in [0.15, 0.2) is 0 Å². The van der Waals surface area contributed by atoms with Gasteiger partial charge >= 0.3 is 0 Å². The fraction of sp³-hybridized carbons (Fsp3) is 0.167. The summed E-state index contributed by atoms with van der Waals surface area (Å²) in [5.41, 5.74) is 1.78. The average Bonchev–Trinajstić information content (AvgIpc) is 2.59. The Kier molecular flexibility index (Phi) is 3.01. The standard InChI is InChI=1S/C12H12N2OS/c1-8-6-11(16-9(8)2)14-12(15)10-4-3-5-13-7-10/h3-7H,1-2H3,(H,14,15). The number of hydrogen-bond donors (Lipinski definition) is 1. The Morgan fingerprint density at radius 2 is 2.25 bits per heavy atom. The molecule has 4 heteroatoms. The maximum absolute atomic E-state index is 11.8. The summed E-state index contributed by atoms with van der Waals surface area (Å²) in [4.78, 5) is 16.9. The first-order valence-corrected chi connectivity index (χ1v) is 5.77. The van der Waals surface area contributed by atoms with Gasteiger partial charge in [0.25, 0.3) is 5.91 Å². The molecule has 0 radical (unpaired) electrons. The molecule has 0 atom stereocenters. The number of rotatable bonds is 2. The molecular weight excluding hydrogens is 220 g/mol. The zero-order chi connectivity index (χ0) is 11.5. The lowest BCUT2D eigenvalue weighted by atomic mass is 10.2. The Morgan fingerprint density at radius 1 is 1.44 bits per heavy atom. The van der Waals surface area contributed by atoms with E-state index in [2.05, 4.69) is 10.3 Å². The summed E-state index contributed by atoms with van der Waals surface area (Å²) in [7, 11) is 0. The molecule has 0 saturated heterocycles.